The number of benzene rings is 1. The quantitative estimate of drug-likeness (QED) is 0.851. The van der Waals surface area contributed by atoms with Crippen LogP contribution in [0.25, 0.3) is 10.8 Å². The molecule has 1 N–H and O–H groups in total. The summed E-state index contributed by atoms with van der Waals surface area (Å²) < 4.78 is 0. The lowest BCUT2D eigenvalue weighted by Crippen LogP contribution is -2.21. The van der Waals surface area contributed by atoms with Crippen molar-refractivity contribution in [1.29, 1.82) is 0 Å². The Balaban J connectivity index is 2.18. The summed E-state index contributed by atoms with van der Waals surface area (Å²) in [6.45, 7) is 6.56. The zero-order valence-corrected chi connectivity index (χ0v) is 10.6. The van der Waals surface area contributed by atoms with Crippen LogP contribution in [0.15, 0.2) is 36.7 Å². The lowest BCUT2D eigenvalue weighted by molar-refractivity contribution is 0.523. The second kappa shape index (κ2) is 5.78. The summed E-state index contributed by atoms with van der Waals surface area (Å²) in [6.07, 6.45) is 4.94. The largest absolute Gasteiger partial charge is 0.317 e. The van der Waals surface area contributed by atoms with Crippen molar-refractivity contribution < 1.29 is 0 Å². The Morgan fingerprint density at radius 2 is 2.18 bits per heavy atom. The maximum absolute atomic E-state index is 4.23. The Kier molecular flexibility index (Phi) is 4.10. The molecule has 17 heavy (non-hydrogen) atoms. The van der Waals surface area contributed by atoms with E-state index in [1.807, 2.05) is 12.4 Å². The molecule has 1 aromatic carbocycles. The highest BCUT2D eigenvalue weighted by molar-refractivity contribution is 5.84. The van der Waals surface area contributed by atoms with E-state index in [4.69, 9.17) is 0 Å². The lowest BCUT2D eigenvalue weighted by atomic mass is 9.97. The van der Waals surface area contributed by atoms with E-state index < -0.39 is 0 Å². The number of nitrogens with zero attached hydrogens (tertiary/aromatic N) is 1. The van der Waals surface area contributed by atoms with Gasteiger partial charge in [0.05, 0.1) is 0 Å². The number of rotatable bonds is 5. The summed E-state index contributed by atoms with van der Waals surface area (Å²) in [4.78, 5) is 4.23. The van der Waals surface area contributed by atoms with Gasteiger partial charge in [0, 0.05) is 17.8 Å². The van der Waals surface area contributed by atoms with Crippen LogP contribution >= 0.6 is 0 Å². The minimum atomic E-state index is 0.653. The van der Waals surface area contributed by atoms with Gasteiger partial charge in [-0.1, -0.05) is 32.0 Å². The molecule has 0 fully saturated rings. The third-order valence-electron chi connectivity index (χ3n) is 3.09. The molecular weight excluding hydrogens is 208 g/mol. The van der Waals surface area contributed by atoms with Crippen LogP contribution in [0.2, 0.25) is 0 Å². The first-order chi connectivity index (χ1) is 8.31. The topological polar surface area (TPSA) is 24.9 Å². The number of nitrogens with one attached hydrogen (secondary N) is 1. The van der Waals surface area contributed by atoms with Crippen molar-refractivity contribution in [3.8, 4) is 0 Å². The molecule has 0 aliphatic carbocycles. The average molecular weight is 228 g/mol. The maximum Gasteiger partial charge on any atom is 0.0349 e. The summed E-state index contributed by atoms with van der Waals surface area (Å²) in [5, 5.41) is 5.98. The molecule has 1 heterocycles. The number of pyridine rings is 1. The Bertz CT molecular complexity index is 474. The molecule has 2 rings (SSSR count). The number of hydrogen-bond donors (Lipinski definition) is 1. The molecule has 0 aliphatic heterocycles. The summed E-state index contributed by atoms with van der Waals surface area (Å²) in [7, 11) is 0. The van der Waals surface area contributed by atoms with Crippen molar-refractivity contribution in [1.82, 2.24) is 10.3 Å². The van der Waals surface area contributed by atoms with Crippen LogP contribution in [0.3, 0.4) is 0 Å². The molecule has 2 heteroatoms. The lowest BCUT2D eigenvalue weighted by Gasteiger charge is -2.13. The van der Waals surface area contributed by atoms with Gasteiger partial charge in [-0.25, -0.2) is 0 Å². The third-order valence-corrected chi connectivity index (χ3v) is 3.09. The van der Waals surface area contributed by atoms with E-state index in [2.05, 4.69) is 48.4 Å². The van der Waals surface area contributed by atoms with Crippen molar-refractivity contribution in [2.75, 3.05) is 13.1 Å². The fraction of sp³-hybridized carbons (Fsp3) is 0.400. The summed E-state index contributed by atoms with van der Waals surface area (Å²) in [6, 6.07) is 8.58. The summed E-state index contributed by atoms with van der Waals surface area (Å²) in [5.41, 5.74) is 1.40. The first kappa shape index (κ1) is 12.1. The van der Waals surface area contributed by atoms with Gasteiger partial charge in [0.1, 0.15) is 0 Å². The van der Waals surface area contributed by atoms with E-state index in [0.29, 0.717) is 5.92 Å². The van der Waals surface area contributed by atoms with E-state index >= 15 is 0 Å². The van der Waals surface area contributed by atoms with Gasteiger partial charge in [-0.05, 0) is 42.4 Å². The molecule has 2 nitrogen and oxygen atoms in total. The van der Waals surface area contributed by atoms with Crippen LogP contribution in [0.5, 0.6) is 0 Å². The van der Waals surface area contributed by atoms with Gasteiger partial charge in [0.25, 0.3) is 0 Å². The SMILES string of the molecule is CCNCC(C)Cc1cccc2ccncc12. The Morgan fingerprint density at radius 3 is 3.00 bits per heavy atom. The highest BCUT2D eigenvalue weighted by Gasteiger charge is 2.06. The minimum absolute atomic E-state index is 0.653. The minimum Gasteiger partial charge on any atom is -0.317 e. The van der Waals surface area contributed by atoms with E-state index in [9.17, 15) is 0 Å². The zero-order chi connectivity index (χ0) is 12.1. The van der Waals surface area contributed by atoms with Crippen LogP contribution in [-0.4, -0.2) is 18.1 Å². The van der Waals surface area contributed by atoms with Crippen molar-refractivity contribution in [3.05, 3.63) is 42.2 Å². The fourth-order valence-electron chi connectivity index (χ4n) is 2.19. The molecule has 0 spiro atoms. The van der Waals surface area contributed by atoms with Crippen molar-refractivity contribution >= 4 is 10.8 Å². The number of fused-ring (bicyclic) bond motifs is 1. The van der Waals surface area contributed by atoms with Crippen molar-refractivity contribution in [3.63, 3.8) is 0 Å². The van der Waals surface area contributed by atoms with Crippen LogP contribution in [0, 0.1) is 5.92 Å². The first-order valence-electron chi connectivity index (χ1n) is 6.33. The van der Waals surface area contributed by atoms with E-state index in [-0.39, 0.29) is 0 Å². The second-order valence-corrected chi connectivity index (χ2v) is 4.63. The maximum atomic E-state index is 4.23. The molecule has 1 unspecified atom stereocenters. The highest BCUT2D eigenvalue weighted by Crippen LogP contribution is 2.20. The monoisotopic (exact) mass is 228 g/mol. The predicted molar refractivity (Wildman–Crippen MR) is 73.2 cm³/mol. The molecule has 0 saturated heterocycles. The molecule has 0 aliphatic rings. The third kappa shape index (κ3) is 3.04. The van der Waals surface area contributed by atoms with Gasteiger partial charge in [-0.15, -0.1) is 0 Å². The molecule has 0 bridgehead atoms. The van der Waals surface area contributed by atoms with Gasteiger partial charge in [-0.2, -0.15) is 0 Å². The Morgan fingerprint density at radius 1 is 1.29 bits per heavy atom. The molecule has 1 aromatic heterocycles. The molecule has 90 valence electrons. The Labute approximate surface area is 103 Å². The van der Waals surface area contributed by atoms with Gasteiger partial charge in [0.2, 0.25) is 0 Å². The smallest absolute Gasteiger partial charge is 0.0349 e. The second-order valence-electron chi connectivity index (χ2n) is 4.63. The zero-order valence-electron chi connectivity index (χ0n) is 10.6. The van der Waals surface area contributed by atoms with E-state index in [1.165, 1.54) is 16.3 Å². The van der Waals surface area contributed by atoms with Crippen LogP contribution in [-0.2, 0) is 6.42 Å². The molecular formula is C15H20N2. The van der Waals surface area contributed by atoms with Crippen LogP contribution < -0.4 is 5.32 Å². The van der Waals surface area contributed by atoms with Gasteiger partial charge >= 0.3 is 0 Å². The molecule has 0 amide bonds. The normalized spacial score (nSPS) is 12.8. The Hall–Kier alpha value is -1.41. The average Bonchev–Trinajstić information content (AvgIpc) is 2.37. The van der Waals surface area contributed by atoms with Crippen LogP contribution in [0.4, 0.5) is 0 Å². The van der Waals surface area contributed by atoms with Crippen LogP contribution in [0.1, 0.15) is 19.4 Å². The molecule has 0 saturated carbocycles. The van der Waals surface area contributed by atoms with Gasteiger partial charge in [-0.3, -0.25) is 4.98 Å². The summed E-state index contributed by atoms with van der Waals surface area (Å²) in [5.74, 6) is 0.653. The number of hydrogen-bond acceptors (Lipinski definition) is 2. The summed E-state index contributed by atoms with van der Waals surface area (Å²) >= 11 is 0. The first-order valence-corrected chi connectivity index (χ1v) is 6.33. The molecule has 0 radical (unpaired) electrons. The standard InChI is InChI=1S/C15H20N2/c1-3-16-10-12(2)9-14-6-4-5-13-7-8-17-11-15(13)14/h4-8,11-12,16H,3,9-10H2,1-2H3. The van der Waals surface area contributed by atoms with Gasteiger partial charge in [0.15, 0.2) is 0 Å². The van der Waals surface area contributed by atoms with E-state index in [1.54, 1.807) is 0 Å². The molecule has 1 atom stereocenters. The number of aromatic nitrogens is 1. The van der Waals surface area contributed by atoms with Crippen molar-refractivity contribution in [2.24, 2.45) is 5.92 Å². The fourth-order valence-corrected chi connectivity index (χ4v) is 2.19. The van der Waals surface area contributed by atoms with Gasteiger partial charge < -0.3 is 5.32 Å². The van der Waals surface area contributed by atoms with Crippen molar-refractivity contribution in [2.45, 2.75) is 20.3 Å². The molecule has 2 aromatic rings. The van der Waals surface area contributed by atoms with E-state index in [0.717, 1.165) is 19.5 Å². The highest BCUT2D eigenvalue weighted by atomic mass is 14.8. The predicted octanol–water partition coefficient (Wildman–Crippen LogP) is 3.02.